The number of Topliss-reactive ketones (excluding diaryl/α,β-unsaturated/α-hetero) is 1. The zero-order chi connectivity index (χ0) is 25.0. The molecular weight excluding hydrogens is 461 g/mol. The quantitative estimate of drug-likeness (QED) is 0.470. The molecule has 180 valence electrons. The molecule has 3 aromatic rings. The summed E-state index contributed by atoms with van der Waals surface area (Å²) in [5.74, 6) is -0.179. The summed E-state index contributed by atoms with van der Waals surface area (Å²) in [6, 6.07) is 13.5. The number of carbonyl (C=O) groups is 2. The molecule has 1 N–H and O–H groups in total. The molecule has 0 amide bonds. The Morgan fingerprint density at radius 3 is 2.40 bits per heavy atom. The van der Waals surface area contributed by atoms with Gasteiger partial charge in [-0.15, -0.1) is 0 Å². The van der Waals surface area contributed by atoms with Crippen molar-refractivity contribution in [3.05, 3.63) is 82.4 Å². The molecule has 0 unspecified atom stereocenters. The number of carboxylic acid groups (broad SMARTS) is 1. The Kier molecular flexibility index (Phi) is 5.34. The topological polar surface area (TPSA) is 72.8 Å². The van der Waals surface area contributed by atoms with Gasteiger partial charge in [-0.3, -0.25) is 4.79 Å². The first-order chi connectivity index (χ1) is 16.6. The minimum Gasteiger partial charge on any atom is -0.478 e. The molecule has 0 spiro atoms. The molecule has 5 rings (SSSR count). The molecule has 1 saturated carbocycles. The number of alkyl halides is 3. The van der Waals surface area contributed by atoms with E-state index in [1.54, 1.807) is 31.2 Å². The van der Waals surface area contributed by atoms with Gasteiger partial charge in [0.1, 0.15) is 5.78 Å². The SMILES string of the molecule is Cc1ccc(CC(=O)C2(c3ccc4c(c3)OCO4)CC2)cc1-c1cc(C(=O)O)cc(C(F)(F)F)c1. The second-order valence-electron chi connectivity index (χ2n) is 9.00. The van der Waals surface area contributed by atoms with Gasteiger partial charge in [-0.2, -0.15) is 13.2 Å². The average molecular weight is 482 g/mol. The average Bonchev–Trinajstić information content (AvgIpc) is 3.50. The van der Waals surface area contributed by atoms with E-state index in [1.165, 1.54) is 6.07 Å². The van der Waals surface area contributed by atoms with E-state index in [1.807, 2.05) is 12.1 Å². The minimum atomic E-state index is -4.69. The Bertz CT molecular complexity index is 1360. The van der Waals surface area contributed by atoms with Gasteiger partial charge in [-0.25, -0.2) is 4.79 Å². The number of benzene rings is 3. The number of aryl methyl sites for hydroxylation is 1. The Morgan fingerprint density at radius 2 is 1.71 bits per heavy atom. The smallest absolute Gasteiger partial charge is 0.416 e. The number of carbonyl (C=O) groups excluding carboxylic acids is 1. The number of rotatable bonds is 6. The third-order valence-corrected chi connectivity index (χ3v) is 6.69. The Labute approximate surface area is 199 Å². The van der Waals surface area contributed by atoms with Crippen molar-refractivity contribution in [2.45, 2.75) is 37.8 Å². The fraction of sp³-hybridized carbons (Fsp3) is 0.259. The zero-order valence-corrected chi connectivity index (χ0v) is 18.7. The second-order valence-corrected chi connectivity index (χ2v) is 9.00. The highest BCUT2D eigenvalue weighted by Gasteiger charge is 2.50. The predicted octanol–water partition coefficient (Wildman–Crippen LogP) is 5.95. The summed E-state index contributed by atoms with van der Waals surface area (Å²) in [5.41, 5.74) is 0.688. The minimum absolute atomic E-state index is 0.0152. The van der Waals surface area contributed by atoms with Crippen LogP contribution < -0.4 is 9.47 Å². The number of hydrogen-bond acceptors (Lipinski definition) is 4. The first-order valence-corrected chi connectivity index (χ1v) is 11.1. The van der Waals surface area contributed by atoms with E-state index < -0.39 is 28.7 Å². The summed E-state index contributed by atoms with van der Waals surface area (Å²) >= 11 is 0. The van der Waals surface area contributed by atoms with E-state index in [0.29, 0.717) is 47.1 Å². The number of fused-ring (bicyclic) bond motifs is 1. The monoisotopic (exact) mass is 482 g/mol. The molecule has 3 aromatic carbocycles. The summed E-state index contributed by atoms with van der Waals surface area (Å²) < 4.78 is 51.0. The molecule has 8 heteroatoms. The lowest BCUT2D eigenvalue weighted by Gasteiger charge is -2.17. The summed E-state index contributed by atoms with van der Waals surface area (Å²) in [4.78, 5) is 24.8. The van der Waals surface area contributed by atoms with Crippen molar-refractivity contribution in [1.82, 2.24) is 0 Å². The molecule has 1 aliphatic carbocycles. The van der Waals surface area contributed by atoms with Gasteiger partial charge in [0.05, 0.1) is 16.5 Å². The molecule has 0 saturated heterocycles. The van der Waals surface area contributed by atoms with Crippen molar-refractivity contribution >= 4 is 11.8 Å². The van der Waals surface area contributed by atoms with Crippen LogP contribution >= 0.6 is 0 Å². The maximum Gasteiger partial charge on any atom is 0.416 e. The molecule has 1 aliphatic heterocycles. The van der Waals surface area contributed by atoms with Gasteiger partial charge in [0, 0.05) is 6.42 Å². The molecule has 35 heavy (non-hydrogen) atoms. The van der Waals surface area contributed by atoms with E-state index >= 15 is 0 Å². The fourth-order valence-corrected chi connectivity index (χ4v) is 4.56. The number of ketones is 1. The standard InChI is InChI=1S/C27H21F3O5/c1-15-2-3-16(8-21(15)17-10-18(25(32)33)12-20(11-17)27(28,29)30)9-24(31)26(6-7-26)19-4-5-22-23(13-19)35-14-34-22/h2-5,8,10-13H,6-7,9,14H2,1H3,(H,32,33). The summed E-state index contributed by atoms with van der Waals surface area (Å²) in [6.07, 6.45) is -3.17. The van der Waals surface area contributed by atoms with Gasteiger partial charge < -0.3 is 14.6 Å². The normalized spacial score (nSPS) is 15.7. The molecule has 1 heterocycles. The maximum atomic E-state index is 13.4. The van der Waals surface area contributed by atoms with Gasteiger partial charge in [0.25, 0.3) is 0 Å². The van der Waals surface area contributed by atoms with Crippen LogP contribution in [-0.2, 0) is 22.8 Å². The molecule has 0 aromatic heterocycles. The third-order valence-electron chi connectivity index (χ3n) is 6.69. The van der Waals surface area contributed by atoms with Crippen molar-refractivity contribution in [3.63, 3.8) is 0 Å². The van der Waals surface area contributed by atoms with E-state index in [0.717, 1.165) is 11.6 Å². The van der Waals surface area contributed by atoms with Crippen LogP contribution in [0.15, 0.2) is 54.6 Å². The lowest BCUT2D eigenvalue weighted by atomic mass is 9.86. The number of halogens is 3. The van der Waals surface area contributed by atoms with Crippen molar-refractivity contribution in [3.8, 4) is 22.6 Å². The maximum absolute atomic E-state index is 13.4. The largest absolute Gasteiger partial charge is 0.478 e. The summed E-state index contributed by atoms with van der Waals surface area (Å²) in [7, 11) is 0. The summed E-state index contributed by atoms with van der Waals surface area (Å²) in [6.45, 7) is 1.88. The van der Waals surface area contributed by atoms with Crippen LogP contribution in [0, 0.1) is 6.92 Å². The van der Waals surface area contributed by atoms with Crippen LogP contribution in [0.2, 0.25) is 0 Å². The van der Waals surface area contributed by atoms with Gasteiger partial charge >= 0.3 is 12.1 Å². The third kappa shape index (κ3) is 4.24. The highest BCUT2D eigenvalue weighted by Crippen LogP contribution is 2.51. The number of carboxylic acids is 1. The van der Waals surface area contributed by atoms with Gasteiger partial charge in [0.2, 0.25) is 6.79 Å². The molecule has 0 bridgehead atoms. The zero-order valence-electron chi connectivity index (χ0n) is 18.7. The molecule has 2 aliphatic rings. The molecule has 0 radical (unpaired) electrons. The Morgan fingerprint density at radius 1 is 0.971 bits per heavy atom. The van der Waals surface area contributed by atoms with Crippen LogP contribution in [0.3, 0.4) is 0 Å². The molecule has 5 nitrogen and oxygen atoms in total. The van der Waals surface area contributed by atoms with Crippen molar-refractivity contribution in [2.24, 2.45) is 0 Å². The number of ether oxygens (including phenoxy) is 2. The molecular formula is C27H21F3O5. The predicted molar refractivity (Wildman–Crippen MR) is 121 cm³/mol. The van der Waals surface area contributed by atoms with E-state index in [-0.39, 0.29) is 24.6 Å². The van der Waals surface area contributed by atoms with Gasteiger partial charge in [0.15, 0.2) is 11.5 Å². The highest BCUT2D eigenvalue weighted by molar-refractivity contribution is 5.95. The van der Waals surface area contributed by atoms with Gasteiger partial charge in [-0.1, -0.05) is 24.3 Å². The van der Waals surface area contributed by atoms with Crippen LogP contribution in [-0.4, -0.2) is 23.7 Å². The molecule has 1 fully saturated rings. The molecule has 0 atom stereocenters. The van der Waals surface area contributed by atoms with E-state index in [2.05, 4.69) is 0 Å². The second kappa shape index (κ2) is 8.15. The first-order valence-electron chi connectivity index (χ1n) is 11.1. The Hall–Kier alpha value is -3.81. The van der Waals surface area contributed by atoms with Crippen LogP contribution in [0.4, 0.5) is 13.2 Å². The van der Waals surface area contributed by atoms with Crippen molar-refractivity contribution in [1.29, 1.82) is 0 Å². The van der Waals surface area contributed by atoms with Gasteiger partial charge in [-0.05, 0) is 77.9 Å². The lowest BCUT2D eigenvalue weighted by Crippen LogP contribution is -2.22. The van der Waals surface area contributed by atoms with Crippen LogP contribution in [0.5, 0.6) is 11.5 Å². The fourth-order valence-electron chi connectivity index (χ4n) is 4.56. The highest BCUT2D eigenvalue weighted by atomic mass is 19.4. The lowest BCUT2D eigenvalue weighted by molar-refractivity contribution is -0.137. The first kappa shape index (κ1) is 23.0. The summed E-state index contributed by atoms with van der Waals surface area (Å²) in [5, 5.41) is 9.32. The number of hydrogen-bond donors (Lipinski definition) is 1. The Balaban J connectivity index is 1.46. The van der Waals surface area contributed by atoms with Crippen LogP contribution in [0.1, 0.15) is 45.5 Å². The van der Waals surface area contributed by atoms with E-state index in [9.17, 15) is 27.9 Å². The number of aromatic carboxylic acids is 1. The van der Waals surface area contributed by atoms with E-state index in [4.69, 9.17) is 9.47 Å². The van der Waals surface area contributed by atoms with Crippen molar-refractivity contribution in [2.75, 3.05) is 6.79 Å². The van der Waals surface area contributed by atoms with Crippen molar-refractivity contribution < 1.29 is 37.3 Å². The van der Waals surface area contributed by atoms with Crippen LogP contribution in [0.25, 0.3) is 11.1 Å².